The Kier molecular flexibility index (Phi) is 5.76. The fraction of sp³-hybridized carbons (Fsp3) is 0.500. The molecular formula is C14H22FN3O. The maximum Gasteiger partial charge on any atom is 0.244 e. The lowest BCUT2D eigenvalue weighted by Crippen LogP contribution is -2.45. The molecule has 0 saturated heterocycles. The molecule has 0 spiro atoms. The molecule has 1 atom stereocenters. The van der Waals surface area contributed by atoms with E-state index in [0.717, 1.165) is 6.42 Å². The van der Waals surface area contributed by atoms with E-state index in [1.807, 2.05) is 11.8 Å². The second-order valence-electron chi connectivity index (χ2n) is 4.72. The second kappa shape index (κ2) is 7.09. The highest BCUT2D eigenvalue weighted by molar-refractivity contribution is 5.84. The Morgan fingerprint density at radius 3 is 2.63 bits per heavy atom. The molecule has 4 nitrogen and oxygen atoms in total. The van der Waals surface area contributed by atoms with Gasteiger partial charge in [-0.25, -0.2) is 4.39 Å². The van der Waals surface area contributed by atoms with Gasteiger partial charge in [0, 0.05) is 26.3 Å². The number of hydrogen-bond donors (Lipinski definition) is 1. The van der Waals surface area contributed by atoms with Crippen molar-refractivity contribution in [2.75, 3.05) is 32.1 Å². The third-order valence-corrected chi connectivity index (χ3v) is 3.01. The number of carbonyl (C=O) groups is 1. The van der Waals surface area contributed by atoms with Gasteiger partial charge in [0.15, 0.2) is 0 Å². The number of benzene rings is 1. The molecule has 1 aromatic carbocycles. The van der Waals surface area contributed by atoms with Gasteiger partial charge in [-0.15, -0.1) is 0 Å². The standard InChI is InChI=1S/C14H22FN3O/c1-11(14(19)17(2)3)18(9-5-8-16)13-7-4-6-12(15)10-13/h4,6-7,10-11H,5,8-9,16H2,1-3H3. The molecule has 0 aliphatic heterocycles. The average Bonchev–Trinajstić information content (AvgIpc) is 2.38. The zero-order chi connectivity index (χ0) is 14.4. The predicted octanol–water partition coefficient (Wildman–Crippen LogP) is 1.46. The van der Waals surface area contributed by atoms with E-state index >= 15 is 0 Å². The van der Waals surface area contributed by atoms with Crippen molar-refractivity contribution in [3.63, 3.8) is 0 Å². The quantitative estimate of drug-likeness (QED) is 0.849. The molecule has 0 saturated carbocycles. The number of nitrogens with zero attached hydrogens (tertiary/aromatic N) is 2. The van der Waals surface area contributed by atoms with Crippen LogP contribution in [0.1, 0.15) is 13.3 Å². The van der Waals surface area contributed by atoms with Crippen LogP contribution < -0.4 is 10.6 Å². The number of carbonyl (C=O) groups excluding carboxylic acids is 1. The number of amides is 1. The van der Waals surface area contributed by atoms with Crippen LogP contribution in [0.5, 0.6) is 0 Å². The molecule has 0 aliphatic carbocycles. The summed E-state index contributed by atoms with van der Waals surface area (Å²) in [6, 6.07) is 5.94. The van der Waals surface area contributed by atoms with Crippen molar-refractivity contribution in [2.24, 2.45) is 5.73 Å². The van der Waals surface area contributed by atoms with E-state index in [2.05, 4.69) is 0 Å². The first kappa shape index (κ1) is 15.4. The number of anilines is 1. The molecule has 19 heavy (non-hydrogen) atoms. The van der Waals surface area contributed by atoms with E-state index in [1.54, 1.807) is 31.1 Å². The van der Waals surface area contributed by atoms with Gasteiger partial charge in [-0.3, -0.25) is 4.79 Å². The van der Waals surface area contributed by atoms with E-state index in [1.165, 1.54) is 12.1 Å². The minimum atomic E-state index is -0.344. The van der Waals surface area contributed by atoms with E-state index in [-0.39, 0.29) is 17.8 Å². The van der Waals surface area contributed by atoms with Crippen LogP contribution in [-0.4, -0.2) is 44.0 Å². The van der Waals surface area contributed by atoms with Gasteiger partial charge in [-0.05, 0) is 38.1 Å². The normalized spacial score (nSPS) is 12.1. The molecule has 1 unspecified atom stereocenters. The molecule has 0 heterocycles. The monoisotopic (exact) mass is 267 g/mol. The van der Waals surface area contributed by atoms with Crippen LogP contribution in [-0.2, 0) is 4.79 Å². The van der Waals surface area contributed by atoms with Gasteiger partial charge in [-0.2, -0.15) is 0 Å². The van der Waals surface area contributed by atoms with E-state index < -0.39 is 0 Å². The van der Waals surface area contributed by atoms with Crippen molar-refractivity contribution in [3.8, 4) is 0 Å². The summed E-state index contributed by atoms with van der Waals surface area (Å²) >= 11 is 0. The van der Waals surface area contributed by atoms with Crippen LogP contribution >= 0.6 is 0 Å². The lowest BCUT2D eigenvalue weighted by atomic mass is 10.2. The van der Waals surface area contributed by atoms with Crippen LogP contribution in [0.3, 0.4) is 0 Å². The zero-order valence-corrected chi connectivity index (χ0v) is 11.8. The molecule has 0 bridgehead atoms. The summed E-state index contributed by atoms with van der Waals surface area (Å²) in [7, 11) is 3.43. The van der Waals surface area contributed by atoms with Gasteiger partial charge in [0.1, 0.15) is 11.9 Å². The number of halogens is 1. The first-order chi connectivity index (χ1) is 8.97. The van der Waals surface area contributed by atoms with E-state index in [4.69, 9.17) is 5.73 Å². The number of likely N-dealkylation sites (N-methyl/N-ethyl adjacent to an activating group) is 1. The molecule has 1 amide bonds. The molecule has 2 N–H and O–H groups in total. The highest BCUT2D eigenvalue weighted by Gasteiger charge is 2.22. The summed E-state index contributed by atoms with van der Waals surface area (Å²) in [5.74, 6) is -0.318. The Bertz CT molecular complexity index is 423. The maximum absolute atomic E-state index is 13.3. The van der Waals surface area contributed by atoms with Crippen LogP contribution in [0.25, 0.3) is 0 Å². The van der Waals surface area contributed by atoms with Gasteiger partial charge in [0.2, 0.25) is 5.91 Å². The molecule has 1 aromatic rings. The highest BCUT2D eigenvalue weighted by Crippen LogP contribution is 2.19. The van der Waals surface area contributed by atoms with Crippen molar-refractivity contribution < 1.29 is 9.18 Å². The third-order valence-electron chi connectivity index (χ3n) is 3.01. The number of nitrogens with two attached hydrogens (primary N) is 1. The van der Waals surface area contributed by atoms with Gasteiger partial charge in [-0.1, -0.05) is 6.07 Å². The van der Waals surface area contributed by atoms with Gasteiger partial charge >= 0.3 is 0 Å². The molecule has 5 heteroatoms. The van der Waals surface area contributed by atoms with Crippen molar-refractivity contribution in [3.05, 3.63) is 30.1 Å². The fourth-order valence-corrected chi connectivity index (χ4v) is 1.97. The lowest BCUT2D eigenvalue weighted by molar-refractivity contribution is -0.129. The van der Waals surface area contributed by atoms with Crippen LogP contribution in [0.15, 0.2) is 24.3 Å². The van der Waals surface area contributed by atoms with Crippen LogP contribution in [0.4, 0.5) is 10.1 Å². The third kappa shape index (κ3) is 4.21. The topological polar surface area (TPSA) is 49.6 Å². The smallest absolute Gasteiger partial charge is 0.244 e. The summed E-state index contributed by atoms with van der Waals surface area (Å²) < 4.78 is 13.3. The van der Waals surface area contributed by atoms with E-state index in [9.17, 15) is 9.18 Å². The number of hydrogen-bond acceptors (Lipinski definition) is 3. The van der Waals surface area contributed by atoms with Gasteiger partial charge < -0.3 is 15.5 Å². The largest absolute Gasteiger partial charge is 0.360 e. The SMILES string of the molecule is CC(C(=O)N(C)C)N(CCCN)c1cccc(F)c1. The van der Waals surface area contributed by atoms with Crippen LogP contribution in [0.2, 0.25) is 0 Å². The maximum atomic E-state index is 13.3. The summed E-state index contributed by atoms with van der Waals surface area (Å²) in [6.45, 7) is 2.99. The van der Waals surface area contributed by atoms with Crippen molar-refractivity contribution >= 4 is 11.6 Å². The molecular weight excluding hydrogens is 245 g/mol. The zero-order valence-electron chi connectivity index (χ0n) is 11.8. The molecule has 1 rings (SSSR count). The van der Waals surface area contributed by atoms with Crippen LogP contribution in [0, 0.1) is 5.82 Å². The Balaban J connectivity index is 2.97. The van der Waals surface area contributed by atoms with Crippen molar-refractivity contribution in [2.45, 2.75) is 19.4 Å². The highest BCUT2D eigenvalue weighted by atomic mass is 19.1. The molecule has 0 aromatic heterocycles. The fourth-order valence-electron chi connectivity index (χ4n) is 1.97. The molecule has 106 valence electrons. The Hall–Kier alpha value is -1.62. The molecule has 0 aliphatic rings. The summed E-state index contributed by atoms with van der Waals surface area (Å²) in [4.78, 5) is 15.5. The van der Waals surface area contributed by atoms with Crippen molar-refractivity contribution in [1.82, 2.24) is 4.90 Å². The minimum absolute atomic E-state index is 0.0127. The summed E-state index contributed by atoms with van der Waals surface area (Å²) in [6.07, 6.45) is 0.752. The first-order valence-corrected chi connectivity index (χ1v) is 6.40. The van der Waals surface area contributed by atoms with Gasteiger partial charge in [0.05, 0.1) is 0 Å². The second-order valence-corrected chi connectivity index (χ2v) is 4.72. The molecule has 0 radical (unpaired) electrons. The van der Waals surface area contributed by atoms with Gasteiger partial charge in [0.25, 0.3) is 0 Å². The lowest BCUT2D eigenvalue weighted by Gasteiger charge is -2.32. The van der Waals surface area contributed by atoms with E-state index in [0.29, 0.717) is 18.8 Å². The number of rotatable bonds is 6. The molecule has 0 fully saturated rings. The Morgan fingerprint density at radius 2 is 2.11 bits per heavy atom. The minimum Gasteiger partial charge on any atom is -0.360 e. The summed E-state index contributed by atoms with van der Waals surface area (Å²) in [5, 5.41) is 0. The summed E-state index contributed by atoms with van der Waals surface area (Å²) in [5.41, 5.74) is 6.23. The van der Waals surface area contributed by atoms with Crippen molar-refractivity contribution in [1.29, 1.82) is 0 Å². The Labute approximate surface area is 114 Å². The average molecular weight is 267 g/mol. The Morgan fingerprint density at radius 1 is 1.42 bits per heavy atom. The predicted molar refractivity (Wildman–Crippen MR) is 75.6 cm³/mol. The first-order valence-electron chi connectivity index (χ1n) is 6.40.